The van der Waals surface area contributed by atoms with Crippen LogP contribution in [0, 0.1) is 13.8 Å². The van der Waals surface area contributed by atoms with Crippen molar-refractivity contribution in [1.29, 1.82) is 0 Å². The van der Waals surface area contributed by atoms with Crippen LogP contribution in [0.15, 0.2) is 18.2 Å². The maximum Gasteiger partial charge on any atom is 0.230 e. The van der Waals surface area contributed by atoms with E-state index in [1.54, 1.807) is 0 Å². The predicted molar refractivity (Wildman–Crippen MR) is 98.3 cm³/mol. The molecule has 0 aromatic heterocycles. The van der Waals surface area contributed by atoms with Gasteiger partial charge in [0.15, 0.2) is 0 Å². The van der Waals surface area contributed by atoms with Gasteiger partial charge in [-0.15, -0.1) is 0 Å². The first-order valence-corrected chi connectivity index (χ1v) is 9.15. The van der Waals surface area contributed by atoms with Gasteiger partial charge >= 0.3 is 0 Å². The molecule has 1 heterocycles. The van der Waals surface area contributed by atoms with Crippen LogP contribution in [0.1, 0.15) is 42.5 Å². The molecule has 22 heavy (non-hydrogen) atoms. The van der Waals surface area contributed by atoms with Gasteiger partial charge in [-0.1, -0.05) is 42.2 Å². The van der Waals surface area contributed by atoms with Crippen LogP contribution in [-0.4, -0.2) is 34.0 Å². The van der Waals surface area contributed by atoms with Gasteiger partial charge in [-0.3, -0.25) is 4.79 Å². The van der Waals surface area contributed by atoms with Crippen LogP contribution in [0.2, 0.25) is 0 Å². The highest BCUT2D eigenvalue weighted by molar-refractivity contribution is 8.23. The molecule has 1 fully saturated rings. The fourth-order valence-corrected chi connectivity index (χ4v) is 3.58. The van der Waals surface area contributed by atoms with Crippen molar-refractivity contribution in [3.63, 3.8) is 0 Å². The Balaban J connectivity index is 1.80. The lowest BCUT2D eigenvalue weighted by molar-refractivity contribution is -0.119. The third-order valence-electron chi connectivity index (χ3n) is 4.10. The largest absolute Gasteiger partial charge is 0.358 e. The zero-order chi connectivity index (χ0) is 16.1. The van der Waals surface area contributed by atoms with Crippen LogP contribution in [0.5, 0.6) is 0 Å². The number of benzene rings is 1. The summed E-state index contributed by atoms with van der Waals surface area (Å²) < 4.78 is 0.853. The zero-order valence-electron chi connectivity index (χ0n) is 13.5. The second-order valence-electron chi connectivity index (χ2n) is 5.88. The van der Waals surface area contributed by atoms with Crippen LogP contribution >= 0.6 is 24.0 Å². The van der Waals surface area contributed by atoms with Gasteiger partial charge in [0, 0.05) is 13.1 Å². The first kappa shape index (κ1) is 17.3. The quantitative estimate of drug-likeness (QED) is 0.852. The molecule has 3 nitrogen and oxygen atoms in total. The van der Waals surface area contributed by atoms with Crippen molar-refractivity contribution in [3.8, 4) is 0 Å². The van der Waals surface area contributed by atoms with Gasteiger partial charge in [-0.05, 0) is 50.3 Å². The van der Waals surface area contributed by atoms with Crippen LogP contribution in [0.4, 0.5) is 0 Å². The number of carbonyl (C=O) groups is 1. The molecular formula is C17H24N2OS2. The topological polar surface area (TPSA) is 32.3 Å². The summed E-state index contributed by atoms with van der Waals surface area (Å²) >= 11 is 6.85. The van der Waals surface area contributed by atoms with Crippen LogP contribution in [0.25, 0.3) is 0 Å². The Morgan fingerprint density at radius 3 is 2.64 bits per heavy atom. The molecule has 1 aromatic carbocycles. The van der Waals surface area contributed by atoms with Crippen LogP contribution < -0.4 is 5.32 Å². The summed E-state index contributed by atoms with van der Waals surface area (Å²) in [5.41, 5.74) is 3.67. The van der Waals surface area contributed by atoms with Gasteiger partial charge in [-0.2, -0.15) is 0 Å². The molecule has 0 unspecified atom stereocenters. The van der Waals surface area contributed by atoms with Crippen molar-refractivity contribution in [1.82, 2.24) is 10.2 Å². The Bertz CT molecular complexity index is 554. The third-order valence-corrected chi connectivity index (χ3v) is 5.62. The number of carbonyl (C=O) groups excluding carboxylic acids is 1. The number of hydrogen-bond acceptors (Lipinski definition) is 3. The number of nitrogens with zero attached hydrogens (tertiary/aromatic N) is 1. The molecule has 1 amide bonds. The van der Waals surface area contributed by atoms with Crippen LogP contribution in [-0.2, 0) is 4.79 Å². The zero-order valence-corrected chi connectivity index (χ0v) is 15.1. The molecule has 0 bridgehead atoms. The smallest absolute Gasteiger partial charge is 0.230 e. The van der Waals surface area contributed by atoms with E-state index >= 15 is 0 Å². The molecular weight excluding hydrogens is 312 g/mol. The van der Waals surface area contributed by atoms with Crippen molar-refractivity contribution in [3.05, 3.63) is 34.9 Å². The molecule has 1 aliphatic rings. The number of thiocarbonyl (C=S) groups is 1. The molecule has 1 saturated heterocycles. The summed E-state index contributed by atoms with van der Waals surface area (Å²) in [5, 5.41) is 3.05. The summed E-state index contributed by atoms with van der Waals surface area (Å²) in [5.74, 6) is 0.433. The fourth-order valence-electron chi connectivity index (χ4n) is 2.52. The lowest BCUT2D eigenvalue weighted by Crippen LogP contribution is -2.30. The summed E-state index contributed by atoms with van der Waals surface area (Å²) in [6.07, 6.45) is 2.41. The predicted octanol–water partition coefficient (Wildman–Crippen LogP) is 3.59. The first-order chi connectivity index (χ1) is 10.5. The Hall–Kier alpha value is -1.07. The molecule has 0 aliphatic carbocycles. The van der Waals surface area contributed by atoms with Crippen molar-refractivity contribution < 1.29 is 4.79 Å². The minimum Gasteiger partial charge on any atom is -0.358 e. The van der Waals surface area contributed by atoms with E-state index in [9.17, 15) is 4.79 Å². The first-order valence-electron chi connectivity index (χ1n) is 7.75. The number of aryl methyl sites for hydroxylation is 2. The molecule has 1 atom stereocenters. The Labute approximate surface area is 142 Å². The van der Waals surface area contributed by atoms with Crippen molar-refractivity contribution in [2.45, 2.75) is 39.7 Å². The van der Waals surface area contributed by atoms with Gasteiger partial charge in [0.2, 0.25) is 5.91 Å². The molecule has 2 rings (SSSR count). The summed E-state index contributed by atoms with van der Waals surface area (Å²) in [6.45, 7) is 8.28. The maximum atomic E-state index is 12.1. The number of thioether (sulfide) groups is 1. The lowest BCUT2D eigenvalue weighted by atomic mass is 10.0. The monoisotopic (exact) mass is 336 g/mol. The molecule has 0 spiro atoms. The maximum absolute atomic E-state index is 12.1. The van der Waals surface area contributed by atoms with Crippen molar-refractivity contribution >= 4 is 34.2 Å². The van der Waals surface area contributed by atoms with Gasteiger partial charge < -0.3 is 10.2 Å². The number of amides is 1. The van der Waals surface area contributed by atoms with E-state index in [1.807, 2.05) is 6.92 Å². The molecule has 1 aromatic rings. The normalized spacial score (nSPS) is 15.7. The van der Waals surface area contributed by atoms with Crippen molar-refractivity contribution in [2.24, 2.45) is 0 Å². The highest BCUT2D eigenvalue weighted by atomic mass is 32.2. The lowest BCUT2D eigenvalue weighted by Gasteiger charge is -2.18. The standard InChI is InChI=1S/C17H24N2OS2/c1-12-6-7-15(10-13(12)2)14(3)18-16(20)11-22-17(21)19-8-4-5-9-19/h6-7,10,14H,4-5,8-9,11H2,1-3H3,(H,18,20)/t14-/m0/s1. The molecule has 5 heteroatoms. The van der Waals surface area contributed by atoms with E-state index in [0.29, 0.717) is 5.75 Å². The Kier molecular flexibility index (Phi) is 6.26. The minimum absolute atomic E-state index is 0.0211. The molecule has 1 aliphatic heterocycles. The van der Waals surface area contributed by atoms with Gasteiger partial charge in [0.25, 0.3) is 0 Å². The van der Waals surface area contributed by atoms with E-state index in [1.165, 1.54) is 35.7 Å². The van der Waals surface area contributed by atoms with E-state index < -0.39 is 0 Å². The van der Waals surface area contributed by atoms with E-state index in [-0.39, 0.29) is 11.9 Å². The number of hydrogen-bond donors (Lipinski definition) is 1. The third kappa shape index (κ3) is 4.71. The second kappa shape index (κ2) is 7.97. The summed E-state index contributed by atoms with van der Waals surface area (Å²) in [4.78, 5) is 14.3. The van der Waals surface area contributed by atoms with Crippen LogP contribution in [0.3, 0.4) is 0 Å². The summed E-state index contributed by atoms with van der Waals surface area (Å²) in [6, 6.07) is 6.34. The summed E-state index contributed by atoms with van der Waals surface area (Å²) in [7, 11) is 0. The Morgan fingerprint density at radius 2 is 2.00 bits per heavy atom. The second-order valence-corrected chi connectivity index (χ2v) is 7.49. The molecule has 0 saturated carbocycles. The average molecular weight is 337 g/mol. The molecule has 1 N–H and O–H groups in total. The van der Waals surface area contributed by atoms with E-state index in [0.717, 1.165) is 23.0 Å². The molecule has 0 radical (unpaired) electrons. The molecule has 120 valence electrons. The number of rotatable bonds is 4. The average Bonchev–Trinajstić information content (AvgIpc) is 3.02. The van der Waals surface area contributed by atoms with Gasteiger partial charge in [0.1, 0.15) is 4.32 Å². The van der Waals surface area contributed by atoms with E-state index in [2.05, 4.69) is 42.3 Å². The Morgan fingerprint density at radius 1 is 1.32 bits per heavy atom. The minimum atomic E-state index is 0.0211. The number of likely N-dealkylation sites (tertiary alicyclic amines) is 1. The van der Waals surface area contributed by atoms with E-state index in [4.69, 9.17) is 12.2 Å². The number of nitrogens with one attached hydrogen (secondary N) is 1. The van der Waals surface area contributed by atoms with Crippen molar-refractivity contribution in [2.75, 3.05) is 18.8 Å². The SMILES string of the molecule is Cc1ccc([C@H](C)NC(=O)CSC(=S)N2CCCC2)cc1C. The van der Waals surface area contributed by atoms with Gasteiger partial charge in [-0.25, -0.2) is 0 Å². The fraction of sp³-hybridized carbons (Fsp3) is 0.529. The van der Waals surface area contributed by atoms with Gasteiger partial charge in [0.05, 0.1) is 11.8 Å². The highest BCUT2D eigenvalue weighted by Gasteiger charge is 2.17. The highest BCUT2D eigenvalue weighted by Crippen LogP contribution is 2.18.